The van der Waals surface area contributed by atoms with Gasteiger partial charge in [0, 0.05) is 48.1 Å². The van der Waals surface area contributed by atoms with Gasteiger partial charge in [-0.05, 0) is 43.3 Å². The van der Waals surface area contributed by atoms with E-state index in [-0.39, 0.29) is 29.9 Å². The lowest BCUT2D eigenvalue weighted by Crippen LogP contribution is -2.35. The van der Waals surface area contributed by atoms with E-state index in [4.69, 9.17) is 9.47 Å². The molecule has 0 N–H and O–H groups in total. The largest absolute Gasteiger partial charge is 0.493 e. The molecule has 0 radical (unpaired) electrons. The number of pyridine rings is 2. The van der Waals surface area contributed by atoms with Crippen LogP contribution in [-0.4, -0.2) is 42.4 Å². The minimum Gasteiger partial charge on any atom is -0.493 e. The summed E-state index contributed by atoms with van der Waals surface area (Å²) in [5.74, 6) is 0.195. The fraction of sp³-hybridized carbons (Fsp3) is 0.304. The summed E-state index contributed by atoms with van der Waals surface area (Å²) in [7, 11) is -3.87. The summed E-state index contributed by atoms with van der Waals surface area (Å²) < 4.78 is 54.5. The van der Waals surface area contributed by atoms with Crippen LogP contribution in [0.3, 0.4) is 0 Å². The van der Waals surface area contributed by atoms with E-state index in [1.807, 2.05) is 19.1 Å². The van der Waals surface area contributed by atoms with Gasteiger partial charge in [0.15, 0.2) is 0 Å². The Morgan fingerprint density at radius 1 is 1.22 bits per heavy atom. The second-order valence-electron chi connectivity index (χ2n) is 8.05. The highest BCUT2D eigenvalue weighted by Crippen LogP contribution is 2.49. The van der Waals surface area contributed by atoms with Crippen molar-refractivity contribution in [3.63, 3.8) is 0 Å². The van der Waals surface area contributed by atoms with Crippen LogP contribution in [0.15, 0.2) is 65.8 Å². The molecule has 3 aromatic rings. The number of aromatic nitrogens is 2. The van der Waals surface area contributed by atoms with E-state index in [1.54, 1.807) is 18.2 Å². The second kappa shape index (κ2) is 8.14. The minimum atomic E-state index is -3.87. The first kappa shape index (κ1) is 20.8. The molecule has 1 aromatic carbocycles. The molecule has 0 unspecified atom stereocenters. The third-order valence-corrected chi connectivity index (χ3v) is 7.84. The fourth-order valence-electron chi connectivity index (χ4n) is 4.48. The molecule has 0 saturated carbocycles. The molecule has 0 amide bonds. The number of benzene rings is 1. The predicted molar refractivity (Wildman–Crippen MR) is 114 cm³/mol. The SMILES string of the molecule is Cc1cccc(OC[C@@H]2CN(S(=O)(=O)c3cccnc3)[C@H]3c4cc(F)ccc4OC[C@@H]23)n1. The molecule has 4 heterocycles. The van der Waals surface area contributed by atoms with Crippen molar-refractivity contribution in [2.75, 3.05) is 19.8 Å². The molecule has 7 nitrogen and oxygen atoms in total. The molecular formula is C23H22FN3O4S. The van der Waals surface area contributed by atoms with Gasteiger partial charge >= 0.3 is 0 Å². The number of sulfonamides is 1. The van der Waals surface area contributed by atoms with E-state index in [0.717, 1.165) is 5.69 Å². The van der Waals surface area contributed by atoms with Crippen molar-refractivity contribution in [3.8, 4) is 11.6 Å². The first-order chi connectivity index (χ1) is 15.4. The molecule has 2 aliphatic heterocycles. The van der Waals surface area contributed by atoms with Crippen molar-refractivity contribution in [1.82, 2.24) is 14.3 Å². The lowest BCUT2D eigenvalue weighted by Gasteiger charge is -2.34. The minimum absolute atomic E-state index is 0.102. The smallest absolute Gasteiger partial charge is 0.245 e. The number of ether oxygens (including phenoxy) is 2. The standard InChI is InChI=1S/C23H22FN3O4S/c1-15-4-2-6-22(26-15)31-13-16-12-27(32(28,29)18-5-3-9-25-11-18)23-19-10-17(24)7-8-21(19)30-14-20(16)23/h2-11,16,20,23H,12-14H2,1H3/t16-,20-,23-/m0/s1. The molecule has 2 aliphatic rings. The zero-order chi connectivity index (χ0) is 22.3. The quantitative estimate of drug-likeness (QED) is 0.587. The highest BCUT2D eigenvalue weighted by molar-refractivity contribution is 7.89. The maximum absolute atomic E-state index is 14.1. The summed E-state index contributed by atoms with van der Waals surface area (Å²) >= 11 is 0. The van der Waals surface area contributed by atoms with Crippen molar-refractivity contribution in [3.05, 3.63) is 78.0 Å². The first-order valence-electron chi connectivity index (χ1n) is 10.3. The molecule has 0 spiro atoms. The Hall–Kier alpha value is -3.04. The topological polar surface area (TPSA) is 81.6 Å². The monoisotopic (exact) mass is 455 g/mol. The van der Waals surface area contributed by atoms with Crippen LogP contribution < -0.4 is 9.47 Å². The van der Waals surface area contributed by atoms with E-state index in [2.05, 4.69) is 9.97 Å². The zero-order valence-electron chi connectivity index (χ0n) is 17.4. The summed E-state index contributed by atoms with van der Waals surface area (Å²) in [5.41, 5.74) is 1.36. The van der Waals surface area contributed by atoms with Gasteiger partial charge in [0.2, 0.25) is 15.9 Å². The van der Waals surface area contributed by atoms with Gasteiger partial charge in [-0.2, -0.15) is 4.31 Å². The Morgan fingerprint density at radius 3 is 2.88 bits per heavy atom. The summed E-state index contributed by atoms with van der Waals surface area (Å²) in [5, 5.41) is 0. The summed E-state index contributed by atoms with van der Waals surface area (Å²) in [4.78, 5) is 8.42. The molecule has 1 saturated heterocycles. The molecule has 3 atom stereocenters. The Balaban J connectivity index is 1.51. The molecule has 5 rings (SSSR count). The maximum atomic E-state index is 14.1. The predicted octanol–water partition coefficient (Wildman–Crippen LogP) is 3.37. The van der Waals surface area contributed by atoms with Gasteiger partial charge < -0.3 is 9.47 Å². The number of aryl methyl sites for hydroxylation is 1. The van der Waals surface area contributed by atoms with Crippen molar-refractivity contribution >= 4 is 10.0 Å². The first-order valence-corrected chi connectivity index (χ1v) is 11.8. The number of rotatable bonds is 5. The van der Waals surface area contributed by atoms with Crippen LogP contribution in [0.5, 0.6) is 11.6 Å². The van der Waals surface area contributed by atoms with Crippen LogP contribution >= 0.6 is 0 Å². The molecule has 9 heteroatoms. The summed E-state index contributed by atoms with van der Waals surface area (Å²) in [6.07, 6.45) is 2.85. The van der Waals surface area contributed by atoms with Crippen LogP contribution in [0, 0.1) is 24.6 Å². The average molecular weight is 456 g/mol. The lowest BCUT2D eigenvalue weighted by atomic mass is 9.86. The van der Waals surface area contributed by atoms with Crippen molar-refractivity contribution in [2.45, 2.75) is 17.9 Å². The highest BCUT2D eigenvalue weighted by atomic mass is 32.2. The van der Waals surface area contributed by atoms with Crippen molar-refractivity contribution in [1.29, 1.82) is 0 Å². The number of halogens is 1. The van der Waals surface area contributed by atoms with Gasteiger partial charge in [-0.1, -0.05) is 6.07 Å². The van der Waals surface area contributed by atoms with Gasteiger partial charge in [0.05, 0.1) is 19.3 Å². The van der Waals surface area contributed by atoms with Gasteiger partial charge in [0.1, 0.15) is 16.5 Å². The molecule has 166 valence electrons. The molecule has 0 aliphatic carbocycles. The molecule has 32 heavy (non-hydrogen) atoms. The molecule has 0 bridgehead atoms. The molecule has 2 aromatic heterocycles. The van der Waals surface area contributed by atoms with Crippen LogP contribution in [-0.2, 0) is 10.0 Å². The number of hydrogen-bond donors (Lipinski definition) is 0. The Bertz CT molecular complexity index is 1240. The fourth-order valence-corrected chi connectivity index (χ4v) is 6.15. The third kappa shape index (κ3) is 3.71. The number of fused-ring (bicyclic) bond motifs is 3. The van der Waals surface area contributed by atoms with Gasteiger partial charge in [-0.3, -0.25) is 4.98 Å². The van der Waals surface area contributed by atoms with Crippen molar-refractivity contribution in [2.24, 2.45) is 11.8 Å². The second-order valence-corrected chi connectivity index (χ2v) is 9.94. The summed E-state index contributed by atoms with van der Waals surface area (Å²) in [6.45, 7) is 2.68. The van der Waals surface area contributed by atoms with Crippen LogP contribution in [0.2, 0.25) is 0 Å². The van der Waals surface area contributed by atoms with Crippen LogP contribution in [0.1, 0.15) is 17.3 Å². The highest BCUT2D eigenvalue weighted by Gasteiger charge is 2.51. The van der Waals surface area contributed by atoms with E-state index in [1.165, 1.54) is 34.9 Å². The van der Waals surface area contributed by atoms with E-state index in [0.29, 0.717) is 23.8 Å². The number of nitrogens with zero attached hydrogens (tertiary/aromatic N) is 3. The van der Waals surface area contributed by atoms with Gasteiger partial charge in [0.25, 0.3) is 0 Å². The van der Waals surface area contributed by atoms with Crippen molar-refractivity contribution < 1.29 is 22.3 Å². The Kier molecular flexibility index (Phi) is 5.30. The maximum Gasteiger partial charge on any atom is 0.245 e. The zero-order valence-corrected chi connectivity index (χ0v) is 18.2. The lowest BCUT2D eigenvalue weighted by molar-refractivity contribution is 0.134. The van der Waals surface area contributed by atoms with Gasteiger partial charge in [-0.15, -0.1) is 0 Å². The van der Waals surface area contributed by atoms with Crippen LogP contribution in [0.4, 0.5) is 4.39 Å². The normalized spacial score (nSPS) is 22.6. The third-order valence-electron chi connectivity index (χ3n) is 6.01. The molecule has 1 fully saturated rings. The van der Waals surface area contributed by atoms with E-state index < -0.39 is 21.9 Å². The van der Waals surface area contributed by atoms with E-state index >= 15 is 0 Å². The Labute approximate surface area is 185 Å². The number of hydrogen-bond acceptors (Lipinski definition) is 6. The molecular weight excluding hydrogens is 433 g/mol. The van der Waals surface area contributed by atoms with Gasteiger partial charge in [-0.25, -0.2) is 17.8 Å². The van der Waals surface area contributed by atoms with Crippen LogP contribution in [0.25, 0.3) is 0 Å². The average Bonchev–Trinajstić information content (AvgIpc) is 3.18. The van der Waals surface area contributed by atoms with E-state index in [9.17, 15) is 12.8 Å². The summed E-state index contributed by atoms with van der Waals surface area (Å²) in [6, 6.07) is 12.3. The Morgan fingerprint density at radius 2 is 2.09 bits per heavy atom.